The summed E-state index contributed by atoms with van der Waals surface area (Å²) in [6, 6.07) is 14.0. The minimum Gasteiger partial charge on any atom is -0.481 e. The number of thiocarbonyl (C=S) groups is 1. The Morgan fingerprint density at radius 2 is 1.82 bits per heavy atom. The van der Waals surface area contributed by atoms with Gasteiger partial charge in [0, 0.05) is 22.3 Å². The molecular formula is C22H16BrN3O5S2. The van der Waals surface area contributed by atoms with Gasteiger partial charge in [-0.2, -0.15) is 0 Å². The summed E-state index contributed by atoms with van der Waals surface area (Å²) in [6.45, 7) is -0.323. The topological polar surface area (TPSA) is 107 Å². The standard InChI is InChI=1S/C22H16BrN3O5S2/c23-12-4-3-5-13(10-12)24-16(27)11-26-15-7-2-1-6-14(15)18(20(26)30)19-21(31)25(22(32)33-19)9-8-17(28)29/h1-7,10H,8-9,11H2,(H,24,27)(H,28,29)/b19-18+. The first-order valence-electron chi connectivity index (χ1n) is 9.72. The quantitative estimate of drug-likeness (QED) is 0.422. The predicted octanol–water partition coefficient (Wildman–Crippen LogP) is 3.48. The number of hydrogen-bond acceptors (Lipinski definition) is 6. The third kappa shape index (κ3) is 4.70. The summed E-state index contributed by atoms with van der Waals surface area (Å²) in [4.78, 5) is 52.6. The molecule has 2 aromatic rings. The van der Waals surface area contributed by atoms with E-state index in [9.17, 15) is 19.2 Å². The van der Waals surface area contributed by atoms with Crippen molar-refractivity contribution >= 4 is 84.9 Å². The molecule has 11 heteroatoms. The lowest BCUT2D eigenvalue weighted by Gasteiger charge is -2.17. The van der Waals surface area contributed by atoms with E-state index in [1.807, 2.05) is 6.07 Å². The first kappa shape index (κ1) is 23.1. The number of thioether (sulfide) groups is 1. The Hall–Kier alpha value is -3.02. The van der Waals surface area contributed by atoms with E-state index in [1.165, 1.54) is 9.80 Å². The van der Waals surface area contributed by atoms with Crippen molar-refractivity contribution in [3.05, 3.63) is 63.5 Å². The molecule has 33 heavy (non-hydrogen) atoms. The highest BCUT2D eigenvalue weighted by atomic mass is 79.9. The maximum atomic E-state index is 13.4. The van der Waals surface area contributed by atoms with Gasteiger partial charge in [-0.15, -0.1) is 0 Å². The zero-order chi connectivity index (χ0) is 23.7. The molecule has 0 spiro atoms. The smallest absolute Gasteiger partial charge is 0.305 e. The highest BCUT2D eigenvalue weighted by Gasteiger charge is 2.42. The molecule has 0 bridgehead atoms. The zero-order valence-electron chi connectivity index (χ0n) is 16.9. The van der Waals surface area contributed by atoms with Crippen molar-refractivity contribution in [1.82, 2.24) is 4.90 Å². The van der Waals surface area contributed by atoms with Gasteiger partial charge in [0.25, 0.3) is 11.8 Å². The van der Waals surface area contributed by atoms with Crippen LogP contribution in [-0.4, -0.2) is 51.1 Å². The first-order chi connectivity index (χ1) is 15.8. The van der Waals surface area contributed by atoms with Crippen molar-refractivity contribution in [2.24, 2.45) is 0 Å². The maximum absolute atomic E-state index is 13.4. The Labute approximate surface area is 206 Å². The highest BCUT2D eigenvalue weighted by Crippen LogP contribution is 2.44. The average Bonchev–Trinajstić information content (AvgIpc) is 3.19. The second kappa shape index (κ2) is 9.46. The Morgan fingerprint density at radius 3 is 2.55 bits per heavy atom. The third-order valence-electron chi connectivity index (χ3n) is 4.96. The van der Waals surface area contributed by atoms with Crippen LogP contribution in [0.2, 0.25) is 0 Å². The molecule has 0 aromatic heterocycles. The minimum atomic E-state index is -1.05. The molecule has 0 saturated carbocycles. The van der Waals surface area contributed by atoms with Crippen molar-refractivity contribution in [1.29, 1.82) is 0 Å². The van der Waals surface area contributed by atoms with E-state index in [2.05, 4.69) is 21.2 Å². The lowest BCUT2D eigenvalue weighted by Crippen LogP contribution is -2.35. The molecule has 2 aliphatic rings. The molecule has 2 aromatic carbocycles. The second-order valence-corrected chi connectivity index (χ2v) is 9.70. The monoisotopic (exact) mass is 545 g/mol. The summed E-state index contributed by atoms with van der Waals surface area (Å²) in [7, 11) is 0. The van der Waals surface area contributed by atoms with E-state index in [4.69, 9.17) is 17.3 Å². The van der Waals surface area contributed by atoms with Crippen molar-refractivity contribution in [3.63, 3.8) is 0 Å². The lowest BCUT2D eigenvalue weighted by molar-refractivity contribution is -0.137. The molecule has 0 atom stereocenters. The number of halogens is 1. The number of para-hydroxylation sites is 1. The fourth-order valence-electron chi connectivity index (χ4n) is 3.52. The Bertz CT molecular complexity index is 1250. The zero-order valence-corrected chi connectivity index (χ0v) is 20.1. The molecular weight excluding hydrogens is 530 g/mol. The predicted molar refractivity (Wildman–Crippen MR) is 133 cm³/mol. The van der Waals surface area contributed by atoms with Crippen LogP contribution in [0.1, 0.15) is 12.0 Å². The number of benzene rings is 2. The van der Waals surface area contributed by atoms with Crippen molar-refractivity contribution in [2.45, 2.75) is 6.42 Å². The molecule has 1 fully saturated rings. The number of anilines is 2. The number of aliphatic carboxylic acids is 1. The molecule has 3 amide bonds. The molecule has 1 saturated heterocycles. The fraction of sp³-hybridized carbons (Fsp3) is 0.136. The largest absolute Gasteiger partial charge is 0.481 e. The highest BCUT2D eigenvalue weighted by molar-refractivity contribution is 9.10. The normalized spacial score (nSPS) is 17.5. The Morgan fingerprint density at radius 1 is 1.06 bits per heavy atom. The molecule has 8 nitrogen and oxygen atoms in total. The van der Waals surface area contributed by atoms with Crippen molar-refractivity contribution in [3.8, 4) is 0 Å². The fourth-order valence-corrected chi connectivity index (χ4v) is 5.30. The molecule has 2 aliphatic heterocycles. The Kier molecular flexibility index (Phi) is 6.63. The lowest BCUT2D eigenvalue weighted by atomic mass is 10.1. The number of amides is 3. The van der Waals surface area contributed by atoms with Gasteiger partial charge in [0.05, 0.1) is 22.6 Å². The number of carboxylic acids is 1. The first-order valence-corrected chi connectivity index (χ1v) is 11.7. The van der Waals surface area contributed by atoms with Crippen LogP contribution >= 0.6 is 39.9 Å². The van der Waals surface area contributed by atoms with Gasteiger partial charge in [-0.25, -0.2) is 0 Å². The summed E-state index contributed by atoms with van der Waals surface area (Å²) in [5.74, 6) is -2.45. The molecule has 2 heterocycles. The van der Waals surface area contributed by atoms with Crippen LogP contribution in [0, 0.1) is 0 Å². The number of nitrogens with one attached hydrogen (secondary N) is 1. The molecule has 0 radical (unpaired) electrons. The van der Waals surface area contributed by atoms with Crippen LogP contribution in [0.5, 0.6) is 0 Å². The number of carbonyl (C=O) groups is 4. The number of carbonyl (C=O) groups excluding carboxylic acids is 3. The number of rotatable bonds is 6. The molecule has 168 valence electrons. The number of hydrogen-bond donors (Lipinski definition) is 2. The summed E-state index contributed by atoms with van der Waals surface area (Å²) < 4.78 is 0.995. The van der Waals surface area contributed by atoms with Crippen LogP contribution in [0.4, 0.5) is 11.4 Å². The SMILES string of the molecule is O=C(O)CCN1C(=O)/C(=C2\C(=O)N(CC(=O)Nc3cccc(Br)c3)c3ccccc32)SC1=S. The van der Waals surface area contributed by atoms with Gasteiger partial charge in [-0.1, -0.05) is 64.2 Å². The van der Waals surface area contributed by atoms with Crippen LogP contribution < -0.4 is 10.2 Å². The van der Waals surface area contributed by atoms with Gasteiger partial charge in [-0.3, -0.25) is 29.0 Å². The molecule has 0 unspecified atom stereocenters. The molecule has 2 N–H and O–H groups in total. The van der Waals surface area contributed by atoms with E-state index in [0.29, 0.717) is 16.9 Å². The summed E-state index contributed by atoms with van der Waals surface area (Å²) in [5.41, 5.74) is 1.78. The van der Waals surface area contributed by atoms with Crippen LogP contribution in [0.3, 0.4) is 0 Å². The van der Waals surface area contributed by atoms with Crippen molar-refractivity contribution < 1.29 is 24.3 Å². The van der Waals surface area contributed by atoms with Gasteiger partial charge in [0.1, 0.15) is 10.9 Å². The van der Waals surface area contributed by atoms with Crippen molar-refractivity contribution in [2.75, 3.05) is 23.3 Å². The van der Waals surface area contributed by atoms with E-state index in [1.54, 1.807) is 42.5 Å². The average molecular weight is 546 g/mol. The van der Waals surface area contributed by atoms with Gasteiger partial charge in [0.2, 0.25) is 5.91 Å². The third-order valence-corrected chi connectivity index (χ3v) is 6.90. The number of carboxylic acid groups (broad SMARTS) is 1. The number of nitrogens with zero attached hydrogens (tertiary/aromatic N) is 2. The van der Waals surface area contributed by atoms with Crippen LogP contribution in [0.25, 0.3) is 5.57 Å². The Balaban J connectivity index is 1.62. The van der Waals surface area contributed by atoms with E-state index >= 15 is 0 Å². The second-order valence-electron chi connectivity index (χ2n) is 7.14. The molecule has 4 rings (SSSR count). The van der Waals surface area contributed by atoms with Gasteiger partial charge in [-0.05, 0) is 24.3 Å². The molecule has 0 aliphatic carbocycles. The van der Waals surface area contributed by atoms with Gasteiger partial charge < -0.3 is 10.4 Å². The van der Waals surface area contributed by atoms with Crippen LogP contribution in [-0.2, 0) is 19.2 Å². The number of fused-ring (bicyclic) bond motifs is 1. The summed E-state index contributed by atoms with van der Waals surface area (Å²) in [6.07, 6.45) is -0.262. The van der Waals surface area contributed by atoms with E-state index in [-0.39, 0.29) is 34.3 Å². The summed E-state index contributed by atoms with van der Waals surface area (Å²) in [5, 5.41) is 11.7. The maximum Gasteiger partial charge on any atom is 0.305 e. The summed E-state index contributed by atoms with van der Waals surface area (Å²) >= 11 is 9.56. The van der Waals surface area contributed by atoms with Gasteiger partial charge in [0.15, 0.2) is 0 Å². The van der Waals surface area contributed by atoms with Crippen LogP contribution in [0.15, 0.2) is 57.9 Å². The van der Waals surface area contributed by atoms with E-state index in [0.717, 1.165) is 16.2 Å². The minimum absolute atomic E-state index is 0.0780. The van der Waals surface area contributed by atoms with E-state index < -0.39 is 23.7 Å². The van der Waals surface area contributed by atoms with Gasteiger partial charge >= 0.3 is 5.97 Å².